The van der Waals surface area contributed by atoms with Crippen molar-refractivity contribution in [1.82, 2.24) is 9.80 Å². The van der Waals surface area contributed by atoms with Crippen LogP contribution < -0.4 is 5.32 Å². The van der Waals surface area contributed by atoms with E-state index < -0.39 is 0 Å². The van der Waals surface area contributed by atoms with Crippen molar-refractivity contribution in [2.75, 3.05) is 32.5 Å². The van der Waals surface area contributed by atoms with Crippen LogP contribution in [0.4, 0.5) is 11.4 Å². The van der Waals surface area contributed by atoms with Crippen LogP contribution in [0.3, 0.4) is 0 Å². The van der Waals surface area contributed by atoms with Crippen molar-refractivity contribution in [1.29, 1.82) is 0 Å². The number of aliphatic imine (C=N–C) groups is 1. The summed E-state index contributed by atoms with van der Waals surface area (Å²) >= 11 is 0. The fraction of sp³-hybridized carbons (Fsp3) is 0.435. The van der Waals surface area contributed by atoms with Crippen LogP contribution in [0.2, 0.25) is 0 Å². The Morgan fingerprint density at radius 3 is 2.00 bits per heavy atom. The van der Waals surface area contributed by atoms with E-state index in [-0.39, 0.29) is 6.17 Å². The first-order chi connectivity index (χ1) is 12.9. The van der Waals surface area contributed by atoms with Gasteiger partial charge in [-0.2, -0.15) is 0 Å². The first kappa shape index (κ1) is 19.4. The molecule has 4 nitrogen and oxygen atoms in total. The maximum absolute atomic E-state index is 5.18. The number of rotatable bonds is 3. The number of amidine groups is 1. The zero-order valence-corrected chi connectivity index (χ0v) is 17.5. The van der Waals surface area contributed by atoms with E-state index in [0.29, 0.717) is 0 Å². The molecule has 0 saturated carbocycles. The maximum atomic E-state index is 5.18. The summed E-state index contributed by atoms with van der Waals surface area (Å²) in [5.74, 6) is 1.08. The predicted octanol–water partition coefficient (Wildman–Crippen LogP) is 4.66. The Morgan fingerprint density at radius 2 is 1.41 bits per heavy atom. The lowest BCUT2D eigenvalue weighted by Gasteiger charge is -2.32. The summed E-state index contributed by atoms with van der Waals surface area (Å²) < 4.78 is 0. The average Bonchev–Trinajstić information content (AvgIpc) is 2.74. The van der Waals surface area contributed by atoms with Gasteiger partial charge in [0.1, 0.15) is 12.0 Å². The number of nitrogens with zero attached hydrogens (tertiary/aromatic N) is 3. The minimum atomic E-state index is 0.0382. The lowest BCUT2D eigenvalue weighted by atomic mass is 10.1. The summed E-state index contributed by atoms with van der Waals surface area (Å²) in [5, 5.41) is 3.80. The van der Waals surface area contributed by atoms with Crippen LogP contribution in [0.1, 0.15) is 28.7 Å². The third-order valence-corrected chi connectivity index (χ3v) is 5.51. The van der Waals surface area contributed by atoms with E-state index in [1.54, 1.807) is 0 Å². The molecular formula is C23H32N4. The van der Waals surface area contributed by atoms with Gasteiger partial charge in [0.2, 0.25) is 0 Å². The second-order valence-corrected chi connectivity index (χ2v) is 7.78. The van der Waals surface area contributed by atoms with Gasteiger partial charge in [-0.25, -0.2) is 4.99 Å². The number of benzene rings is 2. The molecule has 1 atom stereocenters. The van der Waals surface area contributed by atoms with Gasteiger partial charge >= 0.3 is 0 Å². The van der Waals surface area contributed by atoms with Crippen LogP contribution >= 0.6 is 0 Å². The molecule has 1 N–H and O–H groups in total. The Morgan fingerprint density at radius 1 is 0.852 bits per heavy atom. The summed E-state index contributed by atoms with van der Waals surface area (Å²) in [7, 11) is 4.34. The molecule has 2 aromatic rings. The van der Waals surface area contributed by atoms with Gasteiger partial charge in [-0.05, 0) is 63.4 Å². The molecule has 1 fully saturated rings. The number of likely N-dealkylation sites (N-methyl/N-ethyl adjacent to an activating group) is 2. The van der Waals surface area contributed by atoms with Gasteiger partial charge in [0.25, 0.3) is 0 Å². The third-order valence-electron chi connectivity index (χ3n) is 5.51. The van der Waals surface area contributed by atoms with Crippen molar-refractivity contribution in [3.8, 4) is 0 Å². The molecular weight excluding hydrogens is 332 g/mol. The molecule has 1 heterocycles. The van der Waals surface area contributed by atoms with E-state index in [1.165, 1.54) is 27.9 Å². The van der Waals surface area contributed by atoms with Gasteiger partial charge in [-0.1, -0.05) is 36.4 Å². The topological polar surface area (TPSA) is 30.9 Å². The molecule has 0 bridgehead atoms. The average molecular weight is 365 g/mol. The highest BCUT2D eigenvalue weighted by molar-refractivity contribution is 5.92. The van der Waals surface area contributed by atoms with Gasteiger partial charge in [0.15, 0.2) is 0 Å². The molecule has 3 rings (SSSR count). The van der Waals surface area contributed by atoms with Gasteiger partial charge in [-0.3, -0.25) is 4.90 Å². The minimum Gasteiger partial charge on any atom is -0.363 e. The fourth-order valence-electron chi connectivity index (χ4n) is 3.80. The van der Waals surface area contributed by atoms with Gasteiger partial charge < -0.3 is 10.2 Å². The molecule has 0 amide bonds. The van der Waals surface area contributed by atoms with Gasteiger partial charge in [0.05, 0.1) is 5.69 Å². The summed E-state index contributed by atoms with van der Waals surface area (Å²) in [4.78, 5) is 9.87. The highest BCUT2D eigenvalue weighted by Gasteiger charge is 2.28. The SMILES string of the molecule is Cc1cccc(C)c1N=C1[C@@H](Nc2c(C)cccc2C)N(C)CCCN1C. The van der Waals surface area contributed by atoms with Crippen molar-refractivity contribution in [3.63, 3.8) is 0 Å². The predicted molar refractivity (Wildman–Crippen MR) is 116 cm³/mol. The summed E-state index contributed by atoms with van der Waals surface area (Å²) in [5.41, 5.74) is 7.26. The van der Waals surface area contributed by atoms with E-state index in [9.17, 15) is 0 Å². The van der Waals surface area contributed by atoms with E-state index >= 15 is 0 Å². The molecule has 0 aromatic heterocycles. The molecule has 144 valence electrons. The van der Waals surface area contributed by atoms with Crippen molar-refractivity contribution in [2.24, 2.45) is 4.99 Å². The van der Waals surface area contributed by atoms with Crippen LogP contribution in [0.15, 0.2) is 41.4 Å². The molecule has 1 aliphatic rings. The molecule has 1 aliphatic heterocycles. The third kappa shape index (κ3) is 4.16. The number of nitrogens with one attached hydrogen (secondary N) is 1. The second kappa shape index (κ2) is 8.13. The lowest BCUT2D eigenvalue weighted by molar-refractivity contribution is 0.324. The van der Waals surface area contributed by atoms with Crippen molar-refractivity contribution >= 4 is 17.2 Å². The van der Waals surface area contributed by atoms with E-state index in [1.807, 2.05) is 0 Å². The van der Waals surface area contributed by atoms with Crippen LogP contribution in [0, 0.1) is 27.7 Å². The normalized spacial score (nSPS) is 20.0. The van der Waals surface area contributed by atoms with Crippen molar-refractivity contribution in [2.45, 2.75) is 40.3 Å². The number of para-hydroxylation sites is 2. The van der Waals surface area contributed by atoms with E-state index in [0.717, 1.165) is 31.0 Å². The summed E-state index contributed by atoms with van der Waals surface area (Å²) in [6.07, 6.45) is 1.17. The second-order valence-electron chi connectivity index (χ2n) is 7.78. The smallest absolute Gasteiger partial charge is 0.142 e. The molecule has 2 aromatic carbocycles. The maximum Gasteiger partial charge on any atom is 0.142 e. The van der Waals surface area contributed by atoms with E-state index in [4.69, 9.17) is 4.99 Å². The first-order valence-corrected chi connectivity index (χ1v) is 9.77. The largest absolute Gasteiger partial charge is 0.363 e. The van der Waals surface area contributed by atoms with Crippen LogP contribution in [-0.2, 0) is 0 Å². The zero-order valence-electron chi connectivity index (χ0n) is 17.5. The van der Waals surface area contributed by atoms with Crippen molar-refractivity contribution in [3.05, 3.63) is 58.7 Å². The molecule has 0 unspecified atom stereocenters. The lowest BCUT2D eigenvalue weighted by Crippen LogP contribution is -2.48. The Labute approximate surface area is 163 Å². The first-order valence-electron chi connectivity index (χ1n) is 9.77. The fourth-order valence-corrected chi connectivity index (χ4v) is 3.80. The van der Waals surface area contributed by atoms with Crippen LogP contribution in [-0.4, -0.2) is 49.0 Å². The quantitative estimate of drug-likeness (QED) is 0.860. The molecule has 4 heteroatoms. The molecule has 27 heavy (non-hydrogen) atoms. The Kier molecular flexibility index (Phi) is 5.85. The number of aryl methyl sites for hydroxylation is 4. The van der Waals surface area contributed by atoms with E-state index in [2.05, 4.69) is 93.3 Å². The Hall–Kier alpha value is -2.33. The van der Waals surface area contributed by atoms with Crippen LogP contribution in [0.25, 0.3) is 0 Å². The minimum absolute atomic E-state index is 0.0382. The molecule has 0 aliphatic carbocycles. The van der Waals surface area contributed by atoms with Gasteiger partial charge in [0, 0.05) is 25.8 Å². The van der Waals surface area contributed by atoms with Crippen LogP contribution in [0.5, 0.6) is 0 Å². The zero-order chi connectivity index (χ0) is 19.6. The summed E-state index contributed by atoms with van der Waals surface area (Å²) in [6, 6.07) is 12.8. The summed E-state index contributed by atoms with van der Waals surface area (Å²) in [6.45, 7) is 10.7. The van der Waals surface area contributed by atoms with Crippen molar-refractivity contribution < 1.29 is 0 Å². The highest BCUT2D eigenvalue weighted by Crippen LogP contribution is 2.27. The standard InChI is InChI=1S/C23H32N4/c1-16-10-7-11-17(2)20(16)24-22-23(27(6)15-9-14-26(22)5)25-21-18(3)12-8-13-19(21)4/h7-8,10-13,22,24H,9,14-15H2,1-6H3/t22-/m0/s1. The number of anilines is 1. The molecule has 1 saturated heterocycles. The molecule has 0 spiro atoms. The molecule has 0 radical (unpaired) electrons. The van der Waals surface area contributed by atoms with Gasteiger partial charge in [-0.15, -0.1) is 0 Å². The monoisotopic (exact) mass is 364 g/mol. The number of hydrogen-bond donors (Lipinski definition) is 1. The Bertz CT molecular complexity index is 800. The highest BCUT2D eigenvalue weighted by atomic mass is 15.3. The Balaban J connectivity index is 2.08. The number of hydrogen-bond acceptors (Lipinski definition) is 3.